The van der Waals surface area contributed by atoms with Crippen LogP contribution in [0, 0.1) is 5.82 Å². The number of nitrogens with two attached hydrogens (primary N) is 1. The van der Waals surface area contributed by atoms with E-state index in [0.717, 1.165) is 0 Å². The largest absolute Gasteiger partial charge is 0.504 e. The summed E-state index contributed by atoms with van der Waals surface area (Å²) in [4.78, 5) is 4.32. The van der Waals surface area contributed by atoms with Crippen molar-refractivity contribution < 1.29 is 19.1 Å². The zero-order chi connectivity index (χ0) is 10.7. The molecule has 4 nitrogen and oxygen atoms in total. The van der Waals surface area contributed by atoms with Gasteiger partial charge in [0.15, 0.2) is 17.3 Å². The van der Waals surface area contributed by atoms with Crippen molar-refractivity contribution in [1.29, 1.82) is 0 Å². The molecule has 0 saturated carbocycles. The highest BCUT2D eigenvalue weighted by molar-refractivity contribution is 9.10. The van der Waals surface area contributed by atoms with Crippen LogP contribution in [0.1, 0.15) is 5.56 Å². The first-order valence-corrected chi connectivity index (χ1v) is 4.46. The monoisotopic (exact) mass is 265 g/mol. The highest BCUT2D eigenvalue weighted by Gasteiger charge is 2.17. The number of benzene rings is 1. The fourth-order valence-corrected chi connectivity index (χ4v) is 1.54. The summed E-state index contributed by atoms with van der Waals surface area (Å²) in [5, 5.41) is 9.30. The van der Waals surface area contributed by atoms with Crippen molar-refractivity contribution in [1.82, 2.24) is 0 Å². The van der Waals surface area contributed by atoms with E-state index >= 15 is 0 Å². The van der Waals surface area contributed by atoms with Crippen molar-refractivity contribution in [3.63, 3.8) is 0 Å². The Bertz CT molecular complexity index is 346. The lowest BCUT2D eigenvalue weighted by atomic mass is 10.2. The topological polar surface area (TPSA) is 64.7 Å². The summed E-state index contributed by atoms with van der Waals surface area (Å²) in [5.74, 6) is 3.65. The Kier molecular flexibility index (Phi) is 3.68. The van der Waals surface area contributed by atoms with Crippen LogP contribution in [0.15, 0.2) is 10.5 Å². The van der Waals surface area contributed by atoms with Gasteiger partial charge in [0, 0.05) is 10.0 Å². The number of rotatable bonds is 3. The second-order valence-electron chi connectivity index (χ2n) is 2.51. The minimum absolute atomic E-state index is 0.108. The van der Waals surface area contributed by atoms with Crippen LogP contribution in [0.4, 0.5) is 4.39 Å². The summed E-state index contributed by atoms with van der Waals surface area (Å²) in [6.07, 6.45) is 0. The van der Waals surface area contributed by atoms with E-state index in [1.165, 1.54) is 13.2 Å². The van der Waals surface area contributed by atoms with Gasteiger partial charge < -0.3 is 9.84 Å². The second-order valence-corrected chi connectivity index (χ2v) is 3.37. The predicted molar refractivity (Wildman–Crippen MR) is 51.3 cm³/mol. The normalized spacial score (nSPS) is 10.3. The highest BCUT2D eigenvalue weighted by atomic mass is 79.9. The van der Waals surface area contributed by atoms with Crippen molar-refractivity contribution in [2.75, 3.05) is 7.11 Å². The summed E-state index contributed by atoms with van der Waals surface area (Å²) in [6.45, 7) is -0.108. The SMILES string of the molecule is COc1c(O)cc(Br)c(CON)c1F. The van der Waals surface area contributed by atoms with Crippen molar-refractivity contribution in [3.05, 3.63) is 21.9 Å². The fraction of sp³-hybridized carbons (Fsp3) is 0.250. The van der Waals surface area contributed by atoms with E-state index in [1.54, 1.807) is 0 Å². The second kappa shape index (κ2) is 4.59. The number of aromatic hydroxyl groups is 1. The maximum atomic E-state index is 13.5. The van der Waals surface area contributed by atoms with Gasteiger partial charge >= 0.3 is 0 Å². The smallest absolute Gasteiger partial charge is 0.197 e. The van der Waals surface area contributed by atoms with Crippen molar-refractivity contribution >= 4 is 15.9 Å². The Morgan fingerprint density at radius 1 is 1.64 bits per heavy atom. The molecule has 6 heteroatoms. The molecular formula is C8H9BrFNO3. The molecule has 1 aromatic carbocycles. The minimum atomic E-state index is -0.690. The number of phenolic OH excluding ortho intramolecular Hbond substituents is 1. The van der Waals surface area contributed by atoms with Crippen LogP contribution in [0.25, 0.3) is 0 Å². The molecular weight excluding hydrogens is 257 g/mol. The van der Waals surface area contributed by atoms with Gasteiger partial charge in [-0.15, -0.1) is 0 Å². The molecule has 3 N–H and O–H groups in total. The van der Waals surface area contributed by atoms with Gasteiger partial charge in [0.1, 0.15) is 0 Å². The molecule has 14 heavy (non-hydrogen) atoms. The van der Waals surface area contributed by atoms with E-state index in [9.17, 15) is 9.50 Å². The predicted octanol–water partition coefficient (Wildman–Crippen LogP) is 1.69. The first-order valence-electron chi connectivity index (χ1n) is 3.67. The molecule has 0 unspecified atom stereocenters. The summed E-state index contributed by atoms with van der Waals surface area (Å²) in [5.41, 5.74) is 0.196. The fourth-order valence-electron chi connectivity index (χ4n) is 1.04. The zero-order valence-electron chi connectivity index (χ0n) is 7.38. The maximum absolute atomic E-state index is 13.5. The zero-order valence-corrected chi connectivity index (χ0v) is 8.97. The summed E-state index contributed by atoms with van der Waals surface area (Å²) in [6, 6.07) is 1.32. The molecule has 0 aliphatic heterocycles. The lowest BCUT2D eigenvalue weighted by Gasteiger charge is -2.10. The Balaban J connectivity index is 3.28. The molecule has 0 fully saturated rings. The van der Waals surface area contributed by atoms with Crippen LogP contribution in [0.5, 0.6) is 11.5 Å². The number of methoxy groups -OCH3 is 1. The van der Waals surface area contributed by atoms with E-state index in [0.29, 0.717) is 4.47 Å². The lowest BCUT2D eigenvalue weighted by Crippen LogP contribution is -2.03. The summed E-state index contributed by atoms with van der Waals surface area (Å²) in [7, 11) is 1.26. The molecule has 0 radical (unpaired) electrons. The van der Waals surface area contributed by atoms with Gasteiger partial charge in [0.2, 0.25) is 0 Å². The molecule has 0 aliphatic rings. The van der Waals surface area contributed by atoms with Crippen molar-refractivity contribution in [3.8, 4) is 11.5 Å². The van der Waals surface area contributed by atoms with Gasteiger partial charge in [0.05, 0.1) is 13.7 Å². The molecule has 78 valence electrons. The minimum Gasteiger partial charge on any atom is -0.504 e. The number of phenols is 1. The van der Waals surface area contributed by atoms with Crippen LogP contribution >= 0.6 is 15.9 Å². The van der Waals surface area contributed by atoms with Crippen LogP contribution in [0.2, 0.25) is 0 Å². The Morgan fingerprint density at radius 2 is 2.29 bits per heavy atom. The Hall–Kier alpha value is -0.850. The molecule has 0 bridgehead atoms. The van der Waals surface area contributed by atoms with E-state index in [-0.39, 0.29) is 23.7 Å². The molecule has 0 aliphatic carbocycles. The van der Waals surface area contributed by atoms with E-state index in [4.69, 9.17) is 5.90 Å². The number of hydrogen-bond donors (Lipinski definition) is 2. The van der Waals surface area contributed by atoms with Crippen LogP contribution in [-0.4, -0.2) is 12.2 Å². The molecule has 0 heterocycles. The molecule has 0 atom stereocenters. The first-order chi connectivity index (χ1) is 6.61. The van der Waals surface area contributed by atoms with E-state index < -0.39 is 5.82 Å². The van der Waals surface area contributed by atoms with Gasteiger partial charge in [0.25, 0.3) is 0 Å². The first kappa shape index (κ1) is 11.2. The standard InChI is InChI=1S/C8H9BrFNO3/c1-13-8-6(12)2-5(9)4(3-14-11)7(8)10/h2,12H,3,11H2,1H3. The molecule has 1 aromatic rings. The highest BCUT2D eigenvalue weighted by Crippen LogP contribution is 2.36. The van der Waals surface area contributed by atoms with Gasteiger partial charge in [-0.1, -0.05) is 15.9 Å². The maximum Gasteiger partial charge on any atom is 0.197 e. The summed E-state index contributed by atoms with van der Waals surface area (Å²) < 4.78 is 18.6. The lowest BCUT2D eigenvalue weighted by molar-refractivity contribution is 0.120. The van der Waals surface area contributed by atoms with Crippen molar-refractivity contribution in [2.24, 2.45) is 5.90 Å². The molecule has 0 aromatic heterocycles. The Morgan fingerprint density at radius 3 is 2.79 bits per heavy atom. The third-order valence-electron chi connectivity index (χ3n) is 1.68. The number of ether oxygens (including phenoxy) is 1. The molecule has 0 saturated heterocycles. The van der Waals surface area contributed by atoms with Crippen LogP contribution < -0.4 is 10.6 Å². The Labute approximate surface area is 88.5 Å². The molecule has 0 amide bonds. The molecule has 1 rings (SSSR count). The van der Waals surface area contributed by atoms with Crippen LogP contribution in [-0.2, 0) is 11.4 Å². The third kappa shape index (κ3) is 1.97. The van der Waals surface area contributed by atoms with Gasteiger partial charge in [-0.25, -0.2) is 10.3 Å². The van der Waals surface area contributed by atoms with E-state index in [2.05, 4.69) is 25.5 Å². The average Bonchev–Trinajstić information content (AvgIpc) is 2.12. The molecule has 0 spiro atoms. The van der Waals surface area contributed by atoms with E-state index in [1.807, 2.05) is 0 Å². The van der Waals surface area contributed by atoms with Crippen molar-refractivity contribution in [2.45, 2.75) is 6.61 Å². The average molecular weight is 266 g/mol. The van der Waals surface area contributed by atoms with Crippen LogP contribution in [0.3, 0.4) is 0 Å². The third-order valence-corrected chi connectivity index (χ3v) is 2.39. The van der Waals surface area contributed by atoms with Gasteiger partial charge in [-0.05, 0) is 6.07 Å². The number of halogens is 2. The quantitative estimate of drug-likeness (QED) is 0.817. The van der Waals surface area contributed by atoms with Gasteiger partial charge in [-0.3, -0.25) is 4.84 Å². The van der Waals surface area contributed by atoms with Gasteiger partial charge in [-0.2, -0.15) is 0 Å². The summed E-state index contributed by atoms with van der Waals surface area (Å²) >= 11 is 3.07. The number of hydrogen-bond acceptors (Lipinski definition) is 4.